The molecular formula is C16H16BNO3. The number of hydrogen-bond donors (Lipinski definition) is 2. The molecule has 106 valence electrons. The minimum Gasteiger partial charge on any atom is -0.352 e. The molecule has 0 bridgehead atoms. The van der Waals surface area contributed by atoms with E-state index in [1.807, 2.05) is 42.5 Å². The third kappa shape index (κ3) is 2.99. The first-order valence-corrected chi connectivity index (χ1v) is 7.03. The molecule has 0 atom stereocenters. The third-order valence-electron chi connectivity index (χ3n) is 3.83. The molecule has 0 saturated heterocycles. The van der Waals surface area contributed by atoms with Gasteiger partial charge in [0.05, 0.1) is 0 Å². The van der Waals surface area contributed by atoms with Gasteiger partial charge < -0.3 is 10.1 Å². The molecule has 0 spiro atoms. The standard InChI is InChI=1S/C16H16BNO3/c19-16(18-9-8-12-4-2-1-3-5-12)13-6-7-14-11-17(21-20)15(14)10-13/h1-7,10,20H,8-9,11H2,(H,18,19). The highest BCUT2D eigenvalue weighted by Gasteiger charge is 2.33. The normalized spacial score (nSPS) is 12.5. The number of nitrogens with one attached hydrogen (secondary N) is 1. The van der Waals surface area contributed by atoms with Crippen molar-refractivity contribution in [2.75, 3.05) is 6.54 Å². The van der Waals surface area contributed by atoms with Crippen molar-refractivity contribution >= 4 is 18.3 Å². The highest BCUT2D eigenvalue weighted by atomic mass is 17.1. The van der Waals surface area contributed by atoms with Crippen LogP contribution in [0.4, 0.5) is 0 Å². The Morgan fingerprint density at radius 1 is 1.24 bits per heavy atom. The first-order valence-electron chi connectivity index (χ1n) is 7.03. The Bertz CT molecular complexity index is 645. The zero-order valence-electron chi connectivity index (χ0n) is 11.6. The smallest absolute Gasteiger partial charge is 0.352 e. The second-order valence-electron chi connectivity index (χ2n) is 5.20. The van der Waals surface area contributed by atoms with Gasteiger partial charge in [0.1, 0.15) is 0 Å². The van der Waals surface area contributed by atoms with Gasteiger partial charge in [-0.3, -0.25) is 10.1 Å². The Hall–Kier alpha value is -2.11. The van der Waals surface area contributed by atoms with Gasteiger partial charge in [-0.25, -0.2) is 0 Å². The second kappa shape index (κ2) is 6.12. The lowest BCUT2D eigenvalue weighted by Crippen LogP contribution is -2.48. The third-order valence-corrected chi connectivity index (χ3v) is 3.83. The molecule has 2 aromatic carbocycles. The Balaban J connectivity index is 1.57. The van der Waals surface area contributed by atoms with E-state index in [1.165, 1.54) is 5.56 Å². The molecule has 0 aliphatic carbocycles. The minimum absolute atomic E-state index is 0.0997. The summed E-state index contributed by atoms with van der Waals surface area (Å²) in [5.74, 6) is -0.0997. The van der Waals surface area contributed by atoms with E-state index in [4.69, 9.17) is 5.26 Å². The maximum Gasteiger partial charge on any atom is 0.377 e. The van der Waals surface area contributed by atoms with Crippen molar-refractivity contribution in [3.63, 3.8) is 0 Å². The summed E-state index contributed by atoms with van der Waals surface area (Å²) in [5.41, 5.74) is 3.82. The number of carbonyl (C=O) groups is 1. The molecule has 4 nitrogen and oxygen atoms in total. The van der Waals surface area contributed by atoms with E-state index < -0.39 is 0 Å². The van der Waals surface area contributed by atoms with Crippen LogP contribution in [0.15, 0.2) is 48.5 Å². The Morgan fingerprint density at radius 2 is 2.05 bits per heavy atom. The van der Waals surface area contributed by atoms with Crippen molar-refractivity contribution in [2.45, 2.75) is 12.7 Å². The summed E-state index contributed by atoms with van der Waals surface area (Å²) < 4.78 is 0. The topological polar surface area (TPSA) is 58.6 Å². The number of fused-ring (bicyclic) bond motifs is 1. The van der Waals surface area contributed by atoms with E-state index >= 15 is 0 Å². The van der Waals surface area contributed by atoms with Crippen molar-refractivity contribution in [3.8, 4) is 0 Å². The van der Waals surface area contributed by atoms with Crippen LogP contribution in [-0.2, 0) is 17.5 Å². The van der Waals surface area contributed by atoms with E-state index in [2.05, 4.69) is 10.1 Å². The molecule has 0 saturated carbocycles. The van der Waals surface area contributed by atoms with Gasteiger partial charge in [0.25, 0.3) is 5.91 Å². The summed E-state index contributed by atoms with van der Waals surface area (Å²) in [6.45, 7) is 0.303. The maximum atomic E-state index is 12.1. The van der Waals surface area contributed by atoms with Gasteiger partial charge in [-0.2, -0.15) is 0 Å². The van der Waals surface area contributed by atoms with Crippen LogP contribution in [0.1, 0.15) is 21.5 Å². The first kappa shape index (κ1) is 13.9. The SMILES string of the molecule is O=C(NCCc1ccccc1)c1ccc2c(c1)B(OO)C2. The fourth-order valence-electron chi connectivity index (χ4n) is 2.56. The molecule has 2 aromatic rings. The lowest BCUT2D eigenvalue weighted by Gasteiger charge is -2.24. The number of carbonyl (C=O) groups excluding carboxylic acids is 1. The van der Waals surface area contributed by atoms with Crippen LogP contribution in [0.5, 0.6) is 0 Å². The molecule has 3 rings (SSSR count). The Kier molecular flexibility index (Phi) is 4.04. The van der Waals surface area contributed by atoms with Gasteiger partial charge in [-0.05, 0) is 29.8 Å². The molecule has 1 aliphatic rings. The molecule has 0 fully saturated rings. The average Bonchev–Trinajstić information content (AvgIpc) is 2.50. The number of hydrogen-bond acceptors (Lipinski definition) is 3. The van der Waals surface area contributed by atoms with Crippen molar-refractivity contribution in [3.05, 3.63) is 65.2 Å². The fraction of sp³-hybridized carbons (Fsp3) is 0.188. The van der Waals surface area contributed by atoms with E-state index in [9.17, 15) is 4.79 Å². The molecule has 5 heteroatoms. The summed E-state index contributed by atoms with van der Waals surface area (Å²) in [6, 6.07) is 15.6. The molecule has 0 radical (unpaired) electrons. The van der Waals surface area contributed by atoms with Gasteiger partial charge in [-0.1, -0.05) is 48.0 Å². The Morgan fingerprint density at radius 3 is 2.81 bits per heavy atom. The molecular weight excluding hydrogens is 265 g/mol. The highest BCUT2D eigenvalue weighted by molar-refractivity contribution is 6.71. The minimum atomic E-state index is -0.294. The summed E-state index contributed by atoms with van der Waals surface area (Å²) in [5, 5.41) is 11.6. The average molecular weight is 281 g/mol. The van der Waals surface area contributed by atoms with Crippen molar-refractivity contribution in [1.82, 2.24) is 5.32 Å². The van der Waals surface area contributed by atoms with Crippen molar-refractivity contribution < 1.29 is 14.9 Å². The summed E-state index contributed by atoms with van der Waals surface area (Å²) >= 11 is 0. The number of rotatable bonds is 5. The zero-order chi connectivity index (χ0) is 14.7. The lowest BCUT2D eigenvalue weighted by atomic mass is 9.45. The summed E-state index contributed by atoms with van der Waals surface area (Å²) in [6.07, 6.45) is 1.50. The molecule has 1 amide bonds. The van der Waals surface area contributed by atoms with Gasteiger partial charge >= 0.3 is 6.92 Å². The fourth-order valence-corrected chi connectivity index (χ4v) is 2.56. The molecule has 0 aromatic heterocycles. The molecule has 1 heterocycles. The largest absolute Gasteiger partial charge is 0.377 e. The molecule has 21 heavy (non-hydrogen) atoms. The predicted molar refractivity (Wildman–Crippen MR) is 81.7 cm³/mol. The maximum absolute atomic E-state index is 12.1. The van der Waals surface area contributed by atoms with Gasteiger partial charge in [0.15, 0.2) is 0 Å². The summed E-state index contributed by atoms with van der Waals surface area (Å²) in [7, 11) is 0. The quantitative estimate of drug-likeness (QED) is 0.495. The Labute approximate surface area is 123 Å². The van der Waals surface area contributed by atoms with Gasteiger partial charge in [-0.15, -0.1) is 0 Å². The lowest BCUT2D eigenvalue weighted by molar-refractivity contribution is -0.143. The second-order valence-corrected chi connectivity index (χ2v) is 5.20. The zero-order valence-corrected chi connectivity index (χ0v) is 11.6. The van der Waals surface area contributed by atoms with Crippen LogP contribution in [0, 0.1) is 0 Å². The van der Waals surface area contributed by atoms with Gasteiger partial charge in [0.2, 0.25) is 0 Å². The van der Waals surface area contributed by atoms with Crippen LogP contribution in [0.2, 0.25) is 0 Å². The predicted octanol–water partition coefficient (Wildman–Crippen LogP) is 1.44. The van der Waals surface area contributed by atoms with Crippen LogP contribution in [0.25, 0.3) is 0 Å². The van der Waals surface area contributed by atoms with Crippen LogP contribution in [0.3, 0.4) is 0 Å². The van der Waals surface area contributed by atoms with E-state index in [1.54, 1.807) is 6.07 Å². The van der Waals surface area contributed by atoms with Crippen LogP contribution >= 0.6 is 0 Å². The molecule has 1 aliphatic heterocycles. The number of benzene rings is 2. The van der Waals surface area contributed by atoms with Crippen molar-refractivity contribution in [1.29, 1.82) is 0 Å². The van der Waals surface area contributed by atoms with E-state index in [-0.39, 0.29) is 12.8 Å². The monoisotopic (exact) mass is 281 g/mol. The van der Waals surface area contributed by atoms with Gasteiger partial charge in [0, 0.05) is 12.1 Å². The molecule has 2 N–H and O–H groups in total. The number of amides is 1. The first-order chi connectivity index (χ1) is 10.3. The molecule has 0 unspecified atom stereocenters. The highest BCUT2D eigenvalue weighted by Crippen LogP contribution is 2.15. The summed E-state index contributed by atoms with van der Waals surface area (Å²) in [4.78, 5) is 16.5. The van der Waals surface area contributed by atoms with E-state index in [0.717, 1.165) is 17.4 Å². The van der Waals surface area contributed by atoms with Crippen LogP contribution < -0.4 is 10.8 Å². The van der Waals surface area contributed by atoms with Crippen LogP contribution in [-0.4, -0.2) is 24.6 Å². The van der Waals surface area contributed by atoms with Crippen molar-refractivity contribution in [2.24, 2.45) is 0 Å². The van der Waals surface area contributed by atoms with E-state index in [0.29, 0.717) is 18.4 Å².